The van der Waals surface area contributed by atoms with Crippen LogP contribution in [0.4, 0.5) is 17.5 Å². The molecule has 1 aromatic heterocycles. The predicted octanol–water partition coefficient (Wildman–Crippen LogP) is 5.50. The molecule has 3 rings (SSSR count). The van der Waals surface area contributed by atoms with Crippen LogP contribution in [0, 0.1) is 20.2 Å². The molecule has 2 heterocycles. The topological polar surface area (TPSA) is 136 Å². The minimum absolute atomic E-state index is 0.0691. The van der Waals surface area contributed by atoms with Gasteiger partial charge < -0.3 is 4.42 Å². The van der Waals surface area contributed by atoms with Crippen molar-refractivity contribution < 1.29 is 14.3 Å². The molecule has 0 unspecified atom stereocenters. The third-order valence-corrected chi connectivity index (χ3v) is 5.32. The number of benzene rings is 1. The number of rotatable bonds is 5. The molecule has 1 aromatic carbocycles. The molecule has 0 amide bonds. The van der Waals surface area contributed by atoms with Gasteiger partial charge in [-0.3, -0.25) is 20.2 Å². The van der Waals surface area contributed by atoms with Gasteiger partial charge in [0.05, 0.1) is 26.9 Å². The first kappa shape index (κ1) is 18.1. The summed E-state index contributed by atoms with van der Waals surface area (Å²) < 4.78 is 8.90. The van der Waals surface area contributed by atoms with E-state index >= 15 is 0 Å². The van der Waals surface area contributed by atoms with Crippen molar-refractivity contribution in [2.45, 2.75) is 0 Å². The molecular weight excluding hydrogens is 406 g/mol. The highest BCUT2D eigenvalue weighted by Gasteiger charge is 2.21. The second kappa shape index (κ2) is 7.68. The largest absolute Gasteiger partial charge is 0.434 e. The van der Waals surface area contributed by atoms with Gasteiger partial charge in [0.1, 0.15) is 10.6 Å². The lowest BCUT2D eigenvalue weighted by Crippen LogP contribution is -1.92. The zero-order chi connectivity index (χ0) is 18.7. The minimum atomic E-state index is -0.693. The van der Waals surface area contributed by atoms with E-state index in [-0.39, 0.29) is 16.7 Å². The minimum Gasteiger partial charge on any atom is -0.381 e. The molecule has 0 fully saturated rings. The van der Waals surface area contributed by atoms with Crippen molar-refractivity contribution in [2.24, 2.45) is 14.6 Å². The predicted molar refractivity (Wildman–Crippen MR) is 98.4 cm³/mol. The lowest BCUT2D eigenvalue weighted by Gasteiger charge is -2.04. The Morgan fingerprint density at radius 1 is 1.12 bits per heavy atom. The Kier molecular flexibility index (Phi) is 5.35. The van der Waals surface area contributed by atoms with E-state index in [0.29, 0.717) is 16.2 Å². The highest BCUT2D eigenvalue weighted by molar-refractivity contribution is 8.78. The van der Waals surface area contributed by atoms with Crippen molar-refractivity contribution in [3.8, 4) is 0 Å². The second-order valence-electron chi connectivity index (χ2n) is 4.59. The molecule has 10 nitrogen and oxygen atoms in total. The van der Waals surface area contributed by atoms with E-state index in [1.807, 2.05) is 0 Å². The Labute approximate surface area is 157 Å². The van der Waals surface area contributed by atoms with Gasteiger partial charge in [-0.05, 0) is 22.9 Å². The maximum absolute atomic E-state index is 10.8. The lowest BCUT2D eigenvalue weighted by molar-refractivity contribution is -0.401. The van der Waals surface area contributed by atoms with Gasteiger partial charge in [0.25, 0.3) is 5.69 Å². The highest BCUT2D eigenvalue weighted by Crippen LogP contribution is 2.45. The average Bonchev–Trinajstić information content (AvgIpc) is 3.25. The van der Waals surface area contributed by atoms with Crippen LogP contribution in [-0.4, -0.2) is 15.0 Å². The summed E-state index contributed by atoms with van der Waals surface area (Å²) in [5.41, 5.74) is 0.742. The van der Waals surface area contributed by atoms with Crippen molar-refractivity contribution in [1.29, 1.82) is 0 Å². The number of nitro groups is 2. The Balaban J connectivity index is 1.99. The Morgan fingerprint density at radius 3 is 2.38 bits per heavy atom. The van der Waals surface area contributed by atoms with Crippen LogP contribution >= 0.6 is 33.4 Å². The first-order valence-corrected chi connectivity index (χ1v) is 9.17. The third kappa shape index (κ3) is 3.92. The normalized spacial score (nSPS) is 16.0. The van der Waals surface area contributed by atoms with Crippen LogP contribution in [0.5, 0.6) is 0 Å². The van der Waals surface area contributed by atoms with Crippen molar-refractivity contribution in [3.05, 3.63) is 67.1 Å². The lowest BCUT2D eigenvalue weighted by atomic mass is 10.1. The molecule has 0 aliphatic carbocycles. The maximum atomic E-state index is 10.8. The van der Waals surface area contributed by atoms with Gasteiger partial charge in [-0.15, -0.1) is 10.2 Å². The van der Waals surface area contributed by atoms with E-state index in [1.165, 1.54) is 41.1 Å². The summed E-state index contributed by atoms with van der Waals surface area (Å²) in [6, 6.07) is 8.09. The summed E-state index contributed by atoms with van der Waals surface area (Å²) in [6.07, 6.45) is 0. The van der Waals surface area contributed by atoms with Crippen LogP contribution in [0.25, 0.3) is 5.70 Å². The van der Waals surface area contributed by atoms with E-state index in [9.17, 15) is 20.2 Å². The fourth-order valence-electron chi connectivity index (χ4n) is 1.85. The zero-order valence-electron chi connectivity index (χ0n) is 12.4. The summed E-state index contributed by atoms with van der Waals surface area (Å²) in [5, 5.41) is 29.6. The highest BCUT2D eigenvalue weighted by atomic mass is 35.5. The molecule has 0 atom stereocenters. The summed E-state index contributed by atoms with van der Waals surface area (Å²) >= 11 is 6.06. The molecule has 0 saturated carbocycles. The molecule has 13 heteroatoms. The monoisotopic (exact) mass is 411 g/mol. The second-order valence-corrected chi connectivity index (χ2v) is 6.80. The molecular formula is C13H6ClN5O5S2. The van der Waals surface area contributed by atoms with E-state index in [2.05, 4.69) is 14.6 Å². The molecule has 0 bridgehead atoms. The summed E-state index contributed by atoms with van der Waals surface area (Å²) in [7, 11) is 2.39. The number of non-ortho nitro benzene ring substituents is 1. The summed E-state index contributed by atoms with van der Waals surface area (Å²) in [5.74, 6) is -0.533. The average molecular weight is 412 g/mol. The summed E-state index contributed by atoms with van der Waals surface area (Å²) in [4.78, 5) is 20.7. The Bertz CT molecular complexity index is 970. The van der Waals surface area contributed by atoms with Gasteiger partial charge in [-0.2, -0.15) is 4.40 Å². The van der Waals surface area contributed by atoms with Crippen LogP contribution in [0.3, 0.4) is 0 Å². The Hall–Kier alpha value is -2.70. The van der Waals surface area contributed by atoms with E-state index in [1.54, 1.807) is 0 Å². The number of hydrogen-bond donors (Lipinski definition) is 0. The third-order valence-electron chi connectivity index (χ3n) is 3.00. The van der Waals surface area contributed by atoms with E-state index in [0.717, 1.165) is 17.0 Å². The summed E-state index contributed by atoms with van der Waals surface area (Å²) in [6.45, 7) is 0. The molecule has 0 N–H and O–H groups in total. The number of azo groups is 1. The molecule has 26 heavy (non-hydrogen) atoms. The van der Waals surface area contributed by atoms with E-state index < -0.39 is 15.7 Å². The first-order chi connectivity index (χ1) is 12.5. The fraction of sp³-hybridized carbons (Fsp3) is 0. The van der Waals surface area contributed by atoms with Crippen LogP contribution in [0.1, 0.15) is 5.56 Å². The molecule has 132 valence electrons. The number of nitro benzene ring substituents is 1. The first-order valence-electron chi connectivity index (χ1n) is 6.68. The van der Waals surface area contributed by atoms with Gasteiger partial charge >= 0.3 is 5.88 Å². The van der Waals surface area contributed by atoms with Gasteiger partial charge in [0.15, 0.2) is 5.17 Å². The number of hydrogen-bond acceptors (Lipinski definition) is 10. The van der Waals surface area contributed by atoms with Crippen molar-refractivity contribution in [2.75, 3.05) is 0 Å². The number of furan rings is 1. The molecule has 0 radical (unpaired) electrons. The quantitative estimate of drug-likeness (QED) is 0.208. The standard InChI is InChI=1S/C13H6ClN5O5S2/c14-13-12(25-26-17-13)11(7-1-3-8(4-2-7)18(20)21)16-15-9-5-6-10(24-9)19(22)23/h1-6H/b12-11-,16-15?. The SMILES string of the molecule is O=[N+]([O-])c1ccc(/C(N=Nc2ccc([N+](=O)[O-])o2)=C2/SSN=C2Cl)cc1. The molecule has 0 spiro atoms. The van der Waals surface area contributed by atoms with Crippen LogP contribution in [-0.2, 0) is 0 Å². The molecule has 1 aliphatic rings. The van der Waals surface area contributed by atoms with Gasteiger partial charge in [0, 0.05) is 23.8 Å². The van der Waals surface area contributed by atoms with Crippen LogP contribution in [0.15, 0.2) is 60.3 Å². The fourth-order valence-corrected chi connectivity index (χ4v) is 4.13. The molecule has 0 saturated heterocycles. The van der Waals surface area contributed by atoms with Crippen molar-refractivity contribution >= 4 is 61.7 Å². The molecule has 2 aromatic rings. The molecule has 1 aliphatic heterocycles. The van der Waals surface area contributed by atoms with Gasteiger partial charge in [0.2, 0.25) is 5.88 Å². The zero-order valence-corrected chi connectivity index (χ0v) is 14.8. The number of allylic oxidation sites excluding steroid dienone is 1. The Morgan fingerprint density at radius 2 is 1.85 bits per heavy atom. The smallest absolute Gasteiger partial charge is 0.381 e. The van der Waals surface area contributed by atoms with Gasteiger partial charge in [-0.25, -0.2) is 0 Å². The van der Waals surface area contributed by atoms with Gasteiger partial charge in [-0.1, -0.05) is 11.6 Å². The van der Waals surface area contributed by atoms with Crippen molar-refractivity contribution in [1.82, 2.24) is 0 Å². The number of halogens is 1. The number of nitrogens with zero attached hydrogens (tertiary/aromatic N) is 5. The van der Waals surface area contributed by atoms with E-state index in [4.69, 9.17) is 16.0 Å². The van der Waals surface area contributed by atoms with Crippen molar-refractivity contribution in [3.63, 3.8) is 0 Å². The van der Waals surface area contributed by atoms with Crippen LogP contribution in [0.2, 0.25) is 0 Å². The van der Waals surface area contributed by atoms with Crippen LogP contribution < -0.4 is 0 Å². The maximum Gasteiger partial charge on any atom is 0.434 e.